The minimum Gasteiger partial charge on any atom is -0.387 e. The number of hydrogen-bond donors (Lipinski definition) is 2. The first-order valence-electron chi connectivity index (χ1n) is 9.99. The lowest BCUT2D eigenvalue weighted by Crippen LogP contribution is -2.40. The van der Waals surface area contributed by atoms with Crippen molar-refractivity contribution in [2.75, 3.05) is 13.1 Å². The second kappa shape index (κ2) is 10.2. The van der Waals surface area contributed by atoms with Gasteiger partial charge in [0.05, 0.1) is 12.2 Å². The average Bonchev–Trinajstić information content (AvgIpc) is 2.76. The molecule has 0 heterocycles. The van der Waals surface area contributed by atoms with Crippen LogP contribution in [-0.2, 0) is 11.5 Å². The number of hydrogen-bond acceptors (Lipinski definition) is 3. The van der Waals surface area contributed by atoms with E-state index in [2.05, 4.69) is 11.8 Å². The molecule has 29 heavy (non-hydrogen) atoms. The van der Waals surface area contributed by atoms with Crippen LogP contribution >= 0.6 is 0 Å². The third-order valence-electron chi connectivity index (χ3n) is 5.26. The van der Waals surface area contributed by atoms with Crippen LogP contribution in [0.15, 0.2) is 84.9 Å². The van der Waals surface area contributed by atoms with Gasteiger partial charge in [-0.15, -0.1) is 0 Å². The summed E-state index contributed by atoms with van der Waals surface area (Å²) in [4.78, 5) is 2.11. The lowest BCUT2D eigenvalue weighted by molar-refractivity contribution is 0.0480. The Bertz CT molecular complexity index is 805. The van der Waals surface area contributed by atoms with Gasteiger partial charge in [0.2, 0.25) is 0 Å². The van der Waals surface area contributed by atoms with Gasteiger partial charge in [-0.05, 0) is 42.2 Å². The van der Waals surface area contributed by atoms with Gasteiger partial charge in [-0.3, -0.25) is 10.0 Å². The van der Waals surface area contributed by atoms with Gasteiger partial charge in [0.1, 0.15) is 0 Å². The van der Waals surface area contributed by atoms with E-state index in [1.807, 2.05) is 72.8 Å². The highest BCUT2D eigenvalue weighted by Crippen LogP contribution is 2.22. The van der Waals surface area contributed by atoms with Crippen LogP contribution in [0.4, 0.5) is 0 Å². The molecule has 4 heteroatoms. The summed E-state index contributed by atoms with van der Waals surface area (Å²) in [6.45, 7) is 2.91. The normalized spacial score (nSPS) is 14.5. The summed E-state index contributed by atoms with van der Waals surface area (Å²) >= 11 is 0. The van der Waals surface area contributed by atoms with Crippen molar-refractivity contribution in [1.82, 2.24) is 4.90 Å². The van der Waals surface area contributed by atoms with E-state index in [9.17, 15) is 15.3 Å². The summed E-state index contributed by atoms with van der Waals surface area (Å²) < 4.78 is 0. The zero-order valence-electron chi connectivity index (χ0n) is 16.7. The van der Waals surface area contributed by atoms with Crippen LogP contribution in [0, 0.1) is 0 Å². The summed E-state index contributed by atoms with van der Waals surface area (Å²) in [5.74, 6) is -0.00254. The molecule has 0 amide bonds. The Morgan fingerprint density at radius 1 is 0.724 bits per heavy atom. The quantitative estimate of drug-likeness (QED) is 0.564. The molecule has 3 aromatic carbocycles. The van der Waals surface area contributed by atoms with Crippen LogP contribution in [0.1, 0.15) is 35.8 Å². The van der Waals surface area contributed by atoms with Gasteiger partial charge < -0.3 is 10.2 Å². The third-order valence-corrected chi connectivity index (χ3v) is 5.26. The van der Waals surface area contributed by atoms with Crippen LogP contribution < -0.4 is 0 Å². The summed E-state index contributed by atoms with van der Waals surface area (Å²) in [6, 6.07) is 26.1. The smallest absolute Gasteiger partial charge is 0.178 e. The van der Waals surface area contributed by atoms with Gasteiger partial charge in [-0.25, -0.2) is 0 Å². The molecule has 0 unspecified atom stereocenters. The fourth-order valence-electron chi connectivity index (χ4n) is 3.54. The number of benzene rings is 3. The zero-order chi connectivity index (χ0) is 20.6. The molecule has 3 aromatic rings. The van der Waals surface area contributed by atoms with Crippen molar-refractivity contribution >= 4 is 0 Å². The number of aliphatic hydroxyl groups excluding tert-OH is 2. The fraction of sp³-hybridized carbons (Fsp3) is 0.280. The predicted molar refractivity (Wildman–Crippen MR) is 114 cm³/mol. The number of rotatable bonds is 9. The van der Waals surface area contributed by atoms with E-state index in [0.29, 0.717) is 13.1 Å². The highest BCUT2D eigenvalue weighted by atomic mass is 16.3. The topological polar surface area (TPSA) is 63.6 Å². The van der Waals surface area contributed by atoms with Gasteiger partial charge in [-0.1, -0.05) is 72.8 Å². The Labute approximate surface area is 172 Å². The third kappa shape index (κ3) is 6.16. The molecule has 151 valence electrons. The van der Waals surface area contributed by atoms with E-state index in [1.165, 1.54) is 0 Å². The Kier molecular flexibility index (Phi) is 7.42. The molecule has 0 saturated heterocycles. The summed E-state index contributed by atoms with van der Waals surface area (Å²) in [7, 11) is 0. The van der Waals surface area contributed by atoms with Crippen molar-refractivity contribution < 1.29 is 15.3 Å². The van der Waals surface area contributed by atoms with Gasteiger partial charge >= 0.3 is 0 Å². The van der Waals surface area contributed by atoms with Crippen molar-refractivity contribution in [1.29, 1.82) is 0 Å². The molecule has 0 bridgehead atoms. The van der Waals surface area contributed by atoms with E-state index >= 15 is 0 Å². The first kappa shape index (κ1) is 21.1. The Hall–Kier alpha value is -2.66. The Morgan fingerprint density at radius 3 is 1.62 bits per heavy atom. The standard InChI is InChI=1S/C25H28NO3/c1-19(16-20-12-14-23(27)15-13-20)26(17-24(28)21-8-4-2-5-9-21)18-25(29)22-10-6-3-7-11-22/h2-15,19,24-25,28-29H,16-18H2,1H3/t19-,24+,25+/m1/s1. The van der Waals surface area contributed by atoms with Crippen LogP contribution in [-0.4, -0.2) is 34.2 Å². The molecule has 0 fully saturated rings. The molecule has 0 aromatic heterocycles. The maximum Gasteiger partial charge on any atom is 0.178 e. The molecular formula is C25H28NO3. The number of nitrogens with zero attached hydrogens (tertiary/aromatic N) is 1. The highest BCUT2D eigenvalue weighted by Gasteiger charge is 2.22. The van der Waals surface area contributed by atoms with Crippen LogP contribution in [0.3, 0.4) is 0 Å². The molecule has 4 nitrogen and oxygen atoms in total. The van der Waals surface area contributed by atoms with Crippen LogP contribution in [0.5, 0.6) is 5.75 Å². The predicted octanol–water partition coefficient (Wildman–Crippen LogP) is 4.53. The molecular weight excluding hydrogens is 362 g/mol. The average molecular weight is 391 g/mol. The largest absolute Gasteiger partial charge is 0.387 e. The molecule has 3 rings (SSSR count). The molecule has 0 aliphatic rings. The van der Waals surface area contributed by atoms with Crippen LogP contribution in [0.25, 0.3) is 0 Å². The SMILES string of the molecule is C[C@H](Cc1ccc([O])cc1)N(C[C@H](O)c1ccccc1)C[C@H](O)c1ccccc1. The van der Waals surface area contributed by atoms with E-state index < -0.39 is 12.2 Å². The summed E-state index contributed by atoms with van der Waals surface area (Å²) in [5, 5.41) is 32.9. The Balaban J connectivity index is 1.75. The lowest BCUT2D eigenvalue weighted by Gasteiger charge is -2.33. The molecule has 0 spiro atoms. The minimum absolute atomic E-state index is 0.00254. The molecule has 0 saturated carbocycles. The van der Waals surface area contributed by atoms with Crippen molar-refractivity contribution in [3.8, 4) is 5.75 Å². The first-order chi connectivity index (χ1) is 14.0. The van der Waals surface area contributed by atoms with Gasteiger partial charge in [-0.2, -0.15) is 0 Å². The molecule has 1 radical (unpaired) electrons. The van der Waals surface area contributed by atoms with Gasteiger partial charge in [0.15, 0.2) is 5.75 Å². The minimum atomic E-state index is -0.648. The van der Waals surface area contributed by atoms with E-state index in [1.54, 1.807) is 12.1 Å². The monoisotopic (exact) mass is 390 g/mol. The molecule has 0 aliphatic carbocycles. The second-order valence-electron chi connectivity index (χ2n) is 7.50. The van der Waals surface area contributed by atoms with Crippen molar-refractivity contribution in [2.45, 2.75) is 31.6 Å². The molecule has 0 aliphatic heterocycles. The molecule has 2 N–H and O–H groups in total. The van der Waals surface area contributed by atoms with Crippen molar-refractivity contribution in [3.05, 3.63) is 102 Å². The summed E-state index contributed by atoms with van der Waals surface area (Å²) in [5.41, 5.74) is 2.77. The maximum absolute atomic E-state index is 11.4. The Morgan fingerprint density at radius 2 is 1.17 bits per heavy atom. The summed E-state index contributed by atoms with van der Waals surface area (Å²) in [6.07, 6.45) is -0.570. The van der Waals surface area contributed by atoms with E-state index in [0.717, 1.165) is 23.1 Å². The van der Waals surface area contributed by atoms with E-state index in [-0.39, 0.29) is 11.8 Å². The van der Waals surface area contributed by atoms with Crippen LogP contribution in [0.2, 0.25) is 0 Å². The van der Waals surface area contributed by atoms with Gasteiger partial charge in [0, 0.05) is 19.1 Å². The zero-order valence-corrected chi connectivity index (χ0v) is 16.7. The second-order valence-corrected chi connectivity index (χ2v) is 7.50. The van der Waals surface area contributed by atoms with E-state index in [4.69, 9.17) is 0 Å². The maximum atomic E-state index is 11.4. The first-order valence-corrected chi connectivity index (χ1v) is 9.99. The van der Waals surface area contributed by atoms with Crippen molar-refractivity contribution in [2.24, 2.45) is 0 Å². The molecule has 3 atom stereocenters. The lowest BCUT2D eigenvalue weighted by atomic mass is 10.0. The van der Waals surface area contributed by atoms with Crippen molar-refractivity contribution in [3.63, 3.8) is 0 Å². The fourth-order valence-corrected chi connectivity index (χ4v) is 3.54. The van der Waals surface area contributed by atoms with Gasteiger partial charge in [0.25, 0.3) is 0 Å². The highest BCUT2D eigenvalue weighted by molar-refractivity contribution is 5.26. The number of aliphatic hydroxyl groups is 2.